The highest BCUT2D eigenvalue weighted by molar-refractivity contribution is 7.94. The van der Waals surface area contributed by atoms with Crippen LogP contribution in [0.15, 0.2) is 32.9 Å². The van der Waals surface area contributed by atoms with Gasteiger partial charge in [-0.3, -0.25) is 0 Å². The van der Waals surface area contributed by atoms with E-state index >= 15 is 0 Å². The average molecular weight is 301 g/mol. The van der Waals surface area contributed by atoms with Crippen molar-refractivity contribution in [2.45, 2.75) is 4.90 Å². The van der Waals surface area contributed by atoms with Crippen LogP contribution in [-0.4, -0.2) is 27.4 Å². The Balaban J connectivity index is 2.78. The van der Waals surface area contributed by atoms with E-state index in [1.54, 1.807) is 6.26 Å². The predicted molar refractivity (Wildman–Crippen MR) is 71.5 cm³/mol. The van der Waals surface area contributed by atoms with Crippen molar-refractivity contribution in [2.75, 3.05) is 12.9 Å². The van der Waals surface area contributed by atoms with Gasteiger partial charge in [0.15, 0.2) is 6.61 Å². The van der Waals surface area contributed by atoms with Gasteiger partial charge in [0.25, 0.3) is 10.0 Å². The van der Waals surface area contributed by atoms with Crippen LogP contribution < -0.4 is 4.74 Å². The second-order valence-electron chi connectivity index (χ2n) is 3.07. The highest BCUT2D eigenvalue weighted by Gasteiger charge is 2.12. The standard InChI is InChI=1S/C11H11NO5S2/c1-3-8-16-11(13)17-9-4-6-10(7-5-9)19(14,15)12-18-2/h1,4-7,18H,8H2,2H3. The fraction of sp³-hybridized carbons (Fsp3) is 0.182. The Morgan fingerprint density at radius 3 is 2.58 bits per heavy atom. The summed E-state index contributed by atoms with van der Waals surface area (Å²) in [5.41, 5.74) is 0. The van der Waals surface area contributed by atoms with E-state index in [4.69, 9.17) is 11.2 Å². The van der Waals surface area contributed by atoms with E-state index in [2.05, 4.69) is 14.4 Å². The molecule has 0 N–H and O–H groups in total. The van der Waals surface area contributed by atoms with Gasteiger partial charge in [-0.15, -0.1) is 10.2 Å². The lowest BCUT2D eigenvalue weighted by atomic mass is 10.3. The van der Waals surface area contributed by atoms with Crippen LogP contribution in [0.4, 0.5) is 4.79 Å². The normalized spacial score (nSPS) is 11.4. The van der Waals surface area contributed by atoms with Crippen molar-refractivity contribution in [3.63, 3.8) is 0 Å². The van der Waals surface area contributed by atoms with Crippen molar-refractivity contribution in [3.05, 3.63) is 24.3 Å². The molecule has 1 aromatic carbocycles. The minimum Gasteiger partial charge on any atom is -0.421 e. The van der Waals surface area contributed by atoms with Crippen molar-refractivity contribution in [2.24, 2.45) is 3.77 Å². The number of hydrogen-bond donors (Lipinski definition) is 1. The van der Waals surface area contributed by atoms with E-state index < -0.39 is 16.2 Å². The number of nitrogens with zero attached hydrogens (tertiary/aromatic N) is 1. The number of hydrogen-bond acceptors (Lipinski definition) is 5. The number of benzene rings is 1. The van der Waals surface area contributed by atoms with Gasteiger partial charge in [-0.1, -0.05) is 17.5 Å². The van der Waals surface area contributed by atoms with Crippen LogP contribution >= 0.6 is 0 Å². The Labute approximate surface area is 114 Å². The molecule has 0 unspecified atom stereocenters. The maximum Gasteiger partial charge on any atom is 0.514 e. The third-order valence-corrected chi connectivity index (χ3v) is 4.17. The quantitative estimate of drug-likeness (QED) is 0.390. The molecule has 0 aliphatic carbocycles. The van der Waals surface area contributed by atoms with Gasteiger partial charge in [0, 0.05) is 0 Å². The fourth-order valence-electron chi connectivity index (χ4n) is 1.06. The predicted octanol–water partition coefficient (Wildman–Crippen LogP) is 1.15. The van der Waals surface area contributed by atoms with Crippen LogP contribution in [0.1, 0.15) is 0 Å². The fourth-order valence-corrected chi connectivity index (χ4v) is 2.78. The minimum absolute atomic E-state index is 0.0196. The molecule has 0 fully saturated rings. The first kappa shape index (κ1) is 15.2. The van der Waals surface area contributed by atoms with Crippen molar-refractivity contribution in [1.29, 1.82) is 0 Å². The Kier molecular flexibility index (Phi) is 5.54. The molecule has 1 aromatic rings. The molecule has 0 aliphatic heterocycles. The van der Waals surface area contributed by atoms with Gasteiger partial charge < -0.3 is 9.47 Å². The van der Waals surface area contributed by atoms with Crippen LogP contribution in [-0.2, 0) is 26.3 Å². The smallest absolute Gasteiger partial charge is 0.421 e. The van der Waals surface area contributed by atoms with Crippen LogP contribution in [0.25, 0.3) is 0 Å². The van der Waals surface area contributed by atoms with Crippen LogP contribution in [0.2, 0.25) is 0 Å². The van der Waals surface area contributed by atoms with Crippen LogP contribution in [0.5, 0.6) is 5.75 Å². The summed E-state index contributed by atoms with van der Waals surface area (Å²) >= 11 is 0.391. The molecule has 0 saturated heterocycles. The average Bonchev–Trinajstić information content (AvgIpc) is 2.37. The zero-order chi connectivity index (χ0) is 14.3. The summed E-state index contributed by atoms with van der Waals surface area (Å²) in [6.07, 6.45) is 5.55. The number of carbonyl (C=O) groups is 1. The van der Waals surface area contributed by atoms with E-state index in [0.29, 0.717) is 11.6 Å². The van der Waals surface area contributed by atoms with Crippen molar-refractivity contribution >= 4 is 27.7 Å². The molecule has 8 heteroatoms. The van der Waals surface area contributed by atoms with Gasteiger partial charge in [0.05, 0.1) is 4.90 Å². The lowest BCUT2D eigenvalue weighted by molar-refractivity contribution is 0.111. The van der Waals surface area contributed by atoms with Crippen LogP contribution in [0, 0.1) is 12.3 Å². The Bertz CT molecular complexity index is 613. The molecule has 0 radical (unpaired) electrons. The molecule has 0 amide bonds. The number of terminal acetylenes is 1. The summed E-state index contributed by atoms with van der Waals surface area (Å²) in [7, 11) is -3.66. The maximum absolute atomic E-state index is 11.6. The summed E-state index contributed by atoms with van der Waals surface area (Å²) in [4.78, 5) is 11.1. The summed E-state index contributed by atoms with van der Waals surface area (Å²) < 4.78 is 35.9. The van der Waals surface area contributed by atoms with Crippen molar-refractivity contribution < 1.29 is 22.7 Å². The monoisotopic (exact) mass is 301 g/mol. The summed E-state index contributed by atoms with van der Waals surface area (Å²) in [5, 5.41) is 0. The summed E-state index contributed by atoms with van der Waals surface area (Å²) in [6, 6.07) is 5.22. The molecule has 0 spiro atoms. The number of carbonyl (C=O) groups excluding carboxylic acids is 1. The van der Waals surface area contributed by atoms with Gasteiger partial charge in [-0.05, 0) is 30.5 Å². The topological polar surface area (TPSA) is 82.0 Å². The molecule has 6 nitrogen and oxygen atoms in total. The molecule has 0 atom stereocenters. The number of ether oxygens (including phenoxy) is 2. The number of thiol groups is 1. The highest BCUT2D eigenvalue weighted by atomic mass is 32.2. The third-order valence-electron chi connectivity index (χ3n) is 1.79. The van der Waals surface area contributed by atoms with Gasteiger partial charge in [-0.25, -0.2) is 4.79 Å². The zero-order valence-electron chi connectivity index (χ0n) is 9.94. The molecule has 0 heterocycles. The number of rotatable bonds is 4. The minimum atomic E-state index is -3.66. The summed E-state index contributed by atoms with van der Waals surface area (Å²) in [5.74, 6) is 2.26. The first-order valence-corrected chi connectivity index (χ1v) is 7.67. The molecular formula is C11H11NO5S2. The van der Waals surface area contributed by atoms with Gasteiger partial charge in [0.1, 0.15) is 5.75 Å². The van der Waals surface area contributed by atoms with Crippen LogP contribution in [0.3, 0.4) is 0 Å². The lowest BCUT2D eigenvalue weighted by Gasteiger charge is -2.04. The van der Waals surface area contributed by atoms with Gasteiger partial charge >= 0.3 is 6.16 Å². The Hall–Kier alpha value is -1.85. The maximum atomic E-state index is 11.6. The number of sulfonamides is 1. The van der Waals surface area contributed by atoms with Gasteiger partial charge in [0.2, 0.25) is 0 Å². The summed E-state index contributed by atoms with van der Waals surface area (Å²) in [6.45, 7) is -0.195. The lowest BCUT2D eigenvalue weighted by Crippen LogP contribution is -2.10. The highest BCUT2D eigenvalue weighted by Crippen LogP contribution is 2.18. The Morgan fingerprint density at radius 2 is 2.05 bits per heavy atom. The molecular weight excluding hydrogens is 290 g/mol. The van der Waals surface area contributed by atoms with E-state index in [0.717, 1.165) is 0 Å². The first-order chi connectivity index (χ1) is 8.99. The second-order valence-corrected chi connectivity index (χ2v) is 5.55. The molecule has 0 aliphatic rings. The Morgan fingerprint density at radius 1 is 1.42 bits per heavy atom. The second kappa shape index (κ2) is 6.92. The molecule has 0 aromatic heterocycles. The SMILES string of the molecule is C#CCOC(=O)Oc1ccc(S(=O)(=O)N=[SH]C)cc1. The largest absolute Gasteiger partial charge is 0.514 e. The third kappa shape index (κ3) is 4.73. The van der Waals surface area contributed by atoms with Crippen molar-refractivity contribution in [1.82, 2.24) is 0 Å². The molecule has 0 bridgehead atoms. The van der Waals surface area contributed by atoms with Gasteiger partial charge in [-0.2, -0.15) is 8.42 Å². The van der Waals surface area contributed by atoms with Crippen molar-refractivity contribution in [3.8, 4) is 18.1 Å². The molecule has 19 heavy (non-hydrogen) atoms. The molecule has 102 valence electrons. The molecule has 1 rings (SSSR count). The molecule has 0 saturated carbocycles. The zero-order valence-corrected chi connectivity index (χ0v) is 11.6. The van der Waals surface area contributed by atoms with E-state index in [1.165, 1.54) is 24.3 Å². The van der Waals surface area contributed by atoms with E-state index in [-0.39, 0.29) is 17.3 Å². The van der Waals surface area contributed by atoms with E-state index in [9.17, 15) is 13.2 Å². The van der Waals surface area contributed by atoms with E-state index in [1.807, 2.05) is 0 Å². The first-order valence-electron chi connectivity index (χ1n) is 4.94.